The molecule has 1 aromatic carbocycles. The number of benzene rings is 1. The van der Waals surface area contributed by atoms with E-state index in [0.29, 0.717) is 0 Å². The van der Waals surface area contributed by atoms with Crippen LogP contribution in [0.5, 0.6) is 0 Å². The van der Waals surface area contributed by atoms with E-state index in [9.17, 15) is 0 Å². The SMILES string of the molecule is CCCCCCCCCCCCCCCC[N+](C)(C)CC.CCCCCCCCCCCCCCCC[N+](C)(C)CC.O=S(=O)([O-])[O-].c1ccccc1. The molecule has 0 fully saturated rings. The Labute approximate surface area is 334 Å². The van der Waals surface area contributed by atoms with Gasteiger partial charge in [0.05, 0.1) is 54.4 Å². The summed E-state index contributed by atoms with van der Waals surface area (Å²) >= 11 is 0. The molecule has 0 aliphatic heterocycles. The summed E-state index contributed by atoms with van der Waals surface area (Å²) in [5.41, 5.74) is 0. The Balaban J connectivity index is -0.000000730. The van der Waals surface area contributed by atoms with E-state index in [-0.39, 0.29) is 0 Å². The van der Waals surface area contributed by atoms with Gasteiger partial charge >= 0.3 is 0 Å². The third kappa shape index (κ3) is 60.5. The number of nitrogens with zero attached hydrogens (tertiary/aromatic N) is 2. The quantitative estimate of drug-likeness (QED) is 0.0316. The number of hydrogen-bond donors (Lipinski definition) is 0. The van der Waals surface area contributed by atoms with Crippen molar-refractivity contribution in [1.82, 2.24) is 0 Å². The van der Waals surface area contributed by atoms with Gasteiger partial charge in [-0.15, -0.1) is 0 Å². The van der Waals surface area contributed by atoms with Gasteiger partial charge in [-0.2, -0.15) is 0 Å². The first-order chi connectivity index (χ1) is 25.2. The van der Waals surface area contributed by atoms with Crippen LogP contribution < -0.4 is 0 Å². The predicted octanol–water partition coefficient (Wildman–Crippen LogP) is 13.5. The van der Waals surface area contributed by atoms with Crippen molar-refractivity contribution in [2.24, 2.45) is 0 Å². The molecule has 0 amide bonds. The third-order valence-electron chi connectivity index (χ3n) is 10.6. The average molecular weight is 771 g/mol. The first kappa shape index (κ1) is 56.3. The van der Waals surface area contributed by atoms with Gasteiger partial charge in [-0.1, -0.05) is 204 Å². The molecule has 0 aliphatic rings. The monoisotopic (exact) mass is 771 g/mol. The van der Waals surface area contributed by atoms with Crippen LogP contribution >= 0.6 is 0 Å². The first-order valence-corrected chi connectivity index (χ1v) is 23.9. The Kier molecular flexibility index (Phi) is 44.8. The van der Waals surface area contributed by atoms with Crippen LogP contribution in [-0.4, -0.2) is 80.9 Å². The second-order valence-electron chi connectivity index (χ2n) is 16.7. The van der Waals surface area contributed by atoms with Crippen LogP contribution in [0, 0.1) is 0 Å². The zero-order valence-electron chi connectivity index (χ0n) is 37.0. The summed E-state index contributed by atoms with van der Waals surface area (Å²) in [6.45, 7) is 14.4. The van der Waals surface area contributed by atoms with Crippen LogP contribution in [0.4, 0.5) is 0 Å². The fourth-order valence-corrected chi connectivity index (χ4v) is 6.17. The molecular formula is C46H94N2O4S. The minimum Gasteiger partial charge on any atom is -0.759 e. The molecule has 318 valence electrons. The highest BCUT2D eigenvalue weighted by Crippen LogP contribution is 2.15. The topological polar surface area (TPSA) is 80.3 Å². The maximum Gasteiger partial charge on any atom is 0.0782 e. The van der Waals surface area contributed by atoms with E-state index in [1.807, 2.05) is 36.4 Å². The van der Waals surface area contributed by atoms with Gasteiger partial charge in [-0.25, -0.2) is 0 Å². The zero-order valence-corrected chi connectivity index (χ0v) is 37.8. The van der Waals surface area contributed by atoms with Crippen molar-refractivity contribution in [2.75, 3.05) is 54.4 Å². The Morgan fingerprint density at radius 2 is 0.491 bits per heavy atom. The molecule has 0 atom stereocenters. The molecular weight excluding hydrogens is 677 g/mol. The van der Waals surface area contributed by atoms with E-state index in [1.165, 1.54) is 215 Å². The van der Waals surface area contributed by atoms with Crippen molar-refractivity contribution >= 4 is 10.4 Å². The van der Waals surface area contributed by atoms with Gasteiger partial charge < -0.3 is 18.1 Å². The lowest BCUT2D eigenvalue weighted by Gasteiger charge is -2.28. The predicted molar refractivity (Wildman–Crippen MR) is 233 cm³/mol. The molecule has 0 heterocycles. The summed E-state index contributed by atoms with van der Waals surface area (Å²) in [6, 6.07) is 12.0. The number of hydrogen-bond acceptors (Lipinski definition) is 4. The third-order valence-corrected chi connectivity index (χ3v) is 10.6. The fraction of sp³-hybridized carbons (Fsp3) is 0.870. The highest BCUT2D eigenvalue weighted by molar-refractivity contribution is 7.79. The normalized spacial score (nSPS) is 11.5. The molecule has 0 N–H and O–H groups in total. The molecule has 7 heteroatoms. The average Bonchev–Trinajstić information content (AvgIpc) is 3.12. The molecule has 0 saturated heterocycles. The molecule has 0 radical (unpaired) electrons. The highest BCUT2D eigenvalue weighted by Gasteiger charge is 2.10. The second-order valence-corrected chi connectivity index (χ2v) is 17.5. The lowest BCUT2D eigenvalue weighted by molar-refractivity contribution is -0.888. The van der Waals surface area contributed by atoms with Gasteiger partial charge in [0.2, 0.25) is 0 Å². The summed E-state index contributed by atoms with van der Waals surface area (Å²) < 4.78 is 36.5. The number of rotatable bonds is 32. The molecule has 0 bridgehead atoms. The summed E-state index contributed by atoms with van der Waals surface area (Å²) in [7, 11) is 4.23. The summed E-state index contributed by atoms with van der Waals surface area (Å²) in [6.07, 6.45) is 40.8. The maximum absolute atomic E-state index is 8.52. The van der Waals surface area contributed by atoms with Crippen LogP contribution in [0.1, 0.15) is 207 Å². The summed E-state index contributed by atoms with van der Waals surface area (Å²) in [4.78, 5) is 0. The van der Waals surface area contributed by atoms with E-state index < -0.39 is 10.4 Å². The van der Waals surface area contributed by atoms with Crippen molar-refractivity contribution in [3.05, 3.63) is 36.4 Å². The number of quaternary nitrogens is 2. The van der Waals surface area contributed by atoms with Crippen molar-refractivity contribution in [1.29, 1.82) is 0 Å². The Morgan fingerprint density at radius 3 is 0.642 bits per heavy atom. The van der Waals surface area contributed by atoms with Crippen LogP contribution in [-0.2, 0) is 10.4 Å². The van der Waals surface area contributed by atoms with Crippen molar-refractivity contribution in [3.63, 3.8) is 0 Å². The molecule has 0 spiro atoms. The van der Waals surface area contributed by atoms with Gasteiger partial charge in [-0.05, 0) is 39.5 Å². The van der Waals surface area contributed by atoms with Crippen LogP contribution in [0.2, 0.25) is 0 Å². The highest BCUT2D eigenvalue weighted by atomic mass is 32.3. The van der Waals surface area contributed by atoms with E-state index in [2.05, 4.69) is 55.9 Å². The van der Waals surface area contributed by atoms with E-state index in [4.69, 9.17) is 17.5 Å². The zero-order chi connectivity index (χ0) is 40.4. The minimum atomic E-state index is -5.17. The molecule has 1 aromatic rings. The summed E-state index contributed by atoms with van der Waals surface area (Å²) in [5.74, 6) is 0. The number of unbranched alkanes of at least 4 members (excludes halogenated alkanes) is 26. The smallest absolute Gasteiger partial charge is 0.0782 e. The standard InChI is InChI=1S/2C20H44N.C6H6.H2O4S/c2*1-5-7-8-9-10-11-12-13-14-15-16-17-18-19-20-21(3,4)6-2;1-2-4-6-5-3-1;1-5(2,3)4/h2*5-20H2,1-4H3;1-6H;(H2,1,2,3,4)/q2*+1;;/p-2. The van der Waals surface area contributed by atoms with Gasteiger partial charge in [-0.3, -0.25) is 8.42 Å². The van der Waals surface area contributed by atoms with Gasteiger partial charge in [0, 0.05) is 10.4 Å². The fourth-order valence-electron chi connectivity index (χ4n) is 6.17. The van der Waals surface area contributed by atoms with Crippen molar-refractivity contribution in [2.45, 2.75) is 207 Å². The molecule has 0 saturated carbocycles. The Bertz CT molecular complexity index is 831. The molecule has 0 aromatic heterocycles. The Morgan fingerprint density at radius 1 is 0.340 bits per heavy atom. The largest absolute Gasteiger partial charge is 0.759 e. The first-order valence-electron chi connectivity index (χ1n) is 22.5. The lowest BCUT2D eigenvalue weighted by Crippen LogP contribution is -2.39. The van der Waals surface area contributed by atoms with E-state index in [1.54, 1.807) is 0 Å². The van der Waals surface area contributed by atoms with E-state index >= 15 is 0 Å². The van der Waals surface area contributed by atoms with E-state index in [0.717, 1.165) is 0 Å². The molecule has 6 nitrogen and oxygen atoms in total. The van der Waals surface area contributed by atoms with Gasteiger partial charge in [0.15, 0.2) is 0 Å². The lowest BCUT2D eigenvalue weighted by atomic mass is 10.0. The van der Waals surface area contributed by atoms with Crippen LogP contribution in [0.3, 0.4) is 0 Å². The maximum atomic E-state index is 8.52. The summed E-state index contributed by atoms with van der Waals surface area (Å²) in [5, 5.41) is 0. The molecule has 1 rings (SSSR count). The van der Waals surface area contributed by atoms with Gasteiger partial charge in [0.25, 0.3) is 0 Å². The second kappa shape index (κ2) is 42.2. The Hall–Kier alpha value is -0.990. The van der Waals surface area contributed by atoms with Crippen molar-refractivity contribution in [3.8, 4) is 0 Å². The molecule has 53 heavy (non-hydrogen) atoms. The minimum absolute atomic E-state index is 1.19. The van der Waals surface area contributed by atoms with Crippen LogP contribution in [0.25, 0.3) is 0 Å². The van der Waals surface area contributed by atoms with Gasteiger partial charge in [0.1, 0.15) is 0 Å². The van der Waals surface area contributed by atoms with Crippen LogP contribution in [0.15, 0.2) is 36.4 Å². The van der Waals surface area contributed by atoms with Crippen molar-refractivity contribution < 1.29 is 26.5 Å². The molecule has 0 unspecified atom stereocenters. The molecule has 0 aliphatic carbocycles.